The zero-order valence-electron chi connectivity index (χ0n) is 58.1. The minimum absolute atomic E-state index is 0.101. The number of phosphoric ester groups is 2. The minimum Gasteiger partial charge on any atom is -0.463 e. The summed E-state index contributed by atoms with van der Waals surface area (Å²) >= 11 is 0. The Morgan fingerprint density at radius 3 is 0.903 bits per heavy atom. The largest absolute Gasteiger partial charge is 0.472 e. The Kier molecular flexibility index (Phi) is 65.4. The van der Waals surface area contributed by atoms with Gasteiger partial charge in [0.2, 0.25) is 0 Å². The number of allylic oxidation sites excluding steroid dienone is 18. The maximum Gasteiger partial charge on any atom is 0.472 e. The molecule has 5 unspecified atom stereocenters. The highest BCUT2D eigenvalue weighted by atomic mass is 31.2. The molecule has 16 nitrogen and oxygen atoms in total. The Bertz CT molecular complexity index is 2130. The number of carbonyl (C=O) groups excluding carboxylic acids is 3. The number of ether oxygens (including phenoxy) is 3. The van der Waals surface area contributed by atoms with Gasteiger partial charge in [-0.1, -0.05) is 278 Å². The third kappa shape index (κ3) is 69.4. The van der Waals surface area contributed by atoms with Crippen LogP contribution in [-0.4, -0.2) is 95.9 Å². The first-order chi connectivity index (χ1) is 45.2. The van der Waals surface area contributed by atoms with E-state index in [1.807, 2.05) is 0 Å². The first-order valence-corrected chi connectivity index (χ1v) is 39.2. The molecule has 0 rings (SSSR count). The van der Waals surface area contributed by atoms with Gasteiger partial charge in [0.15, 0.2) is 6.10 Å². The predicted octanol–water partition coefficient (Wildman–Crippen LogP) is 20.4. The van der Waals surface area contributed by atoms with E-state index in [1.165, 1.54) is 96.3 Å². The molecule has 0 aliphatic rings. The van der Waals surface area contributed by atoms with Gasteiger partial charge in [0, 0.05) is 19.3 Å². The van der Waals surface area contributed by atoms with Gasteiger partial charge in [-0.05, 0) is 103 Å². The molecule has 0 aliphatic heterocycles. The molecule has 5 atom stereocenters. The van der Waals surface area contributed by atoms with Crippen LogP contribution in [0.1, 0.15) is 290 Å². The highest BCUT2D eigenvalue weighted by Crippen LogP contribution is 2.45. The Balaban J connectivity index is 4.43. The summed E-state index contributed by atoms with van der Waals surface area (Å²) in [4.78, 5) is 58.3. The molecule has 0 heterocycles. The van der Waals surface area contributed by atoms with E-state index >= 15 is 0 Å². The third-order valence-corrected chi connectivity index (χ3v) is 16.9. The summed E-state index contributed by atoms with van der Waals surface area (Å²) in [5.41, 5.74) is 0. The minimum atomic E-state index is -4.92. The van der Waals surface area contributed by atoms with Crippen molar-refractivity contribution in [2.45, 2.75) is 309 Å². The number of aliphatic hydroxyl groups excluding tert-OH is 2. The van der Waals surface area contributed by atoms with Crippen LogP contribution in [0.5, 0.6) is 0 Å². The quantitative estimate of drug-likeness (QED) is 0.0146. The van der Waals surface area contributed by atoms with Crippen molar-refractivity contribution in [1.82, 2.24) is 0 Å². The van der Waals surface area contributed by atoms with Gasteiger partial charge in [-0.15, -0.1) is 0 Å². The number of hydrogen-bond acceptors (Lipinski definition) is 14. The number of rotatable bonds is 68. The number of carbonyl (C=O) groups is 3. The summed E-state index contributed by atoms with van der Waals surface area (Å²) < 4.78 is 60.9. The van der Waals surface area contributed by atoms with Crippen LogP contribution in [0.15, 0.2) is 109 Å². The summed E-state index contributed by atoms with van der Waals surface area (Å²) in [7, 11) is -9.78. The van der Waals surface area contributed by atoms with E-state index in [9.17, 15) is 43.5 Å². The summed E-state index contributed by atoms with van der Waals surface area (Å²) in [6, 6.07) is 0. The Hall–Kier alpha value is -3.79. The van der Waals surface area contributed by atoms with E-state index in [4.69, 9.17) is 32.3 Å². The fraction of sp³-hybridized carbons (Fsp3) is 0.720. The Morgan fingerprint density at radius 1 is 0.312 bits per heavy atom. The van der Waals surface area contributed by atoms with Crippen molar-refractivity contribution in [2.24, 2.45) is 0 Å². The molecule has 93 heavy (non-hydrogen) atoms. The first-order valence-electron chi connectivity index (χ1n) is 36.2. The molecule has 18 heteroatoms. The van der Waals surface area contributed by atoms with Gasteiger partial charge < -0.3 is 34.2 Å². The average molecular weight is 1350 g/mol. The van der Waals surface area contributed by atoms with Gasteiger partial charge in [0.05, 0.1) is 26.4 Å². The highest BCUT2D eigenvalue weighted by Gasteiger charge is 2.29. The van der Waals surface area contributed by atoms with Crippen LogP contribution in [0.3, 0.4) is 0 Å². The second-order valence-electron chi connectivity index (χ2n) is 24.0. The number of phosphoric acid groups is 2. The van der Waals surface area contributed by atoms with Crippen LogP contribution in [-0.2, 0) is 55.8 Å². The van der Waals surface area contributed by atoms with Gasteiger partial charge in [-0.3, -0.25) is 32.5 Å². The lowest BCUT2D eigenvalue weighted by Crippen LogP contribution is -2.30. The van der Waals surface area contributed by atoms with Crippen molar-refractivity contribution in [1.29, 1.82) is 0 Å². The van der Waals surface area contributed by atoms with Crippen molar-refractivity contribution < 1.29 is 75.8 Å². The van der Waals surface area contributed by atoms with Crippen molar-refractivity contribution in [3.05, 3.63) is 109 Å². The van der Waals surface area contributed by atoms with Crippen molar-refractivity contribution in [2.75, 3.05) is 39.6 Å². The molecule has 0 aromatic carbocycles. The van der Waals surface area contributed by atoms with E-state index in [-0.39, 0.29) is 19.3 Å². The van der Waals surface area contributed by atoms with Crippen molar-refractivity contribution in [3.8, 4) is 0 Å². The van der Waals surface area contributed by atoms with Crippen LogP contribution in [0.4, 0.5) is 0 Å². The van der Waals surface area contributed by atoms with E-state index in [0.29, 0.717) is 19.3 Å². The van der Waals surface area contributed by atoms with E-state index in [2.05, 4.69) is 130 Å². The van der Waals surface area contributed by atoms with Crippen LogP contribution in [0.25, 0.3) is 0 Å². The number of hydrogen-bond donors (Lipinski definition) is 4. The lowest BCUT2D eigenvalue weighted by atomic mass is 10.0. The molecule has 0 fully saturated rings. The smallest absolute Gasteiger partial charge is 0.463 e. The molecule has 0 spiro atoms. The van der Waals surface area contributed by atoms with Crippen LogP contribution >= 0.6 is 15.6 Å². The van der Waals surface area contributed by atoms with Crippen molar-refractivity contribution >= 4 is 33.6 Å². The fourth-order valence-corrected chi connectivity index (χ4v) is 11.1. The van der Waals surface area contributed by atoms with E-state index in [0.717, 1.165) is 135 Å². The predicted molar refractivity (Wildman–Crippen MR) is 380 cm³/mol. The maximum atomic E-state index is 12.9. The molecular formula is C75H130O16P2. The fourth-order valence-electron chi connectivity index (χ4n) is 9.53. The molecular weight excluding hydrogens is 1220 g/mol. The molecule has 0 saturated carbocycles. The molecule has 0 aromatic heterocycles. The molecule has 0 saturated heterocycles. The zero-order chi connectivity index (χ0) is 68.1. The number of unbranched alkanes of at least 4 members (excludes halogenated alkanes) is 27. The summed E-state index contributed by atoms with van der Waals surface area (Å²) in [5.74, 6) is -1.60. The van der Waals surface area contributed by atoms with Gasteiger partial charge in [0.1, 0.15) is 25.4 Å². The summed E-state index contributed by atoms with van der Waals surface area (Å²) in [6.07, 6.45) is 77.3. The molecule has 0 bridgehead atoms. The normalized spacial score (nSPS) is 14.8. The summed E-state index contributed by atoms with van der Waals surface area (Å²) in [6.45, 7) is 2.41. The molecule has 0 radical (unpaired) electrons. The zero-order valence-corrected chi connectivity index (χ0v) is 59.9. The lowest BCUT2D eigenvalue weighted by Gasteiger charge is -2.21. The van der Waals surface area contributed by atoms with Gasteiger partial charge >= 0.3 is 33.6 Å². The standard InChI is InChI=1S/C75H130O16P2/c1-4-7-10-13-16-19-22-24-26-28-29-30-31-32-33-34-35-36-37-38-39-41-43-44-47-49-52-55-58-61-73(78)85-64-70(76)65-87-92(81,82)88-66-71(77)67-89-93(83,84)90-69-72(91-75(80)63-60-57-54-51-46-21-18-15-12-9-6-3)68-86-74(79)62-59-56-53-50-48-45-42-40-27-25-23-20-17-14-11-8-5-2/h7-8,10-11,16-17,19-20,24-27,29-30,32-33,42,45,70-72,76-77H,4-6,9,12-15,18,21-23,28,31,34-41,43-44,46-69H2,1-3H3,(H,81,82)(H,83,84)/b10-7-,11-8-,19-16-,20-17-,26-24-,27-25-,30-29-,33-32-,45-42-. The lowest BCUT2D eigenvalue weighted by molar-refractivity contribution is -0.161. The molecule has 4 N–H and O–H groups in total. The maximum absolute atomic E-state index is 12.9. The van der Waals surface area contributed by atoms with Crippen LogP contribution in [0, 0.1) is 0 Å². The second kappa shape index (κ2) is 68.2. The molecule has 0 aliphatic carbocycles. The van der Waals surface area contributed by atoms with Crippen LogP contribution < -0.4 is 0 Å². The highest BCUT2D eigenvalue weighted by molar-refractivity contribution is 7.47. The number of aliphatic hydroxyl groups is 2. The van der Waals surface area contributed by atoms with Crippen LogP contribution in [0.2, 0.25) is 0 Å². The monoisotopic (exact) mass is 1350 g/mol. The Labute approximate surface area is 564 Å². The third-order valence-electron chi connectivity index (χ3n) is 15.0. The topological polar surface area (TPSA) is 231 Å². The first kappa shape index (κ1) is 89.2. The Morgan fingerprint density at radius 2 is 0.570 bits per heavy atom. The van der Waals surface area contributed by atoms with Gasteiger partial charge in [-0.25, -0.2) is 9.13 Å². The van der Waals surface area contributed by atoms with E-state index in [1.54, 1.807) is 0 Å². The van der Waals surface area contributed by atoms with Crippen molar-refractivity contribution in [3.63, 3.8) is 0 Å². The van der Waals surface area contributed by atoms with Gasteiger partial charge in [0.25, 0.3) is 0 Å². The molecule has 536 valence electrons. The average Bonchev–Trinajstić information content (AvgIpc) is 2.42. The SMILES string of the molecule is CC/C=C\C/C=C\C/C=C\C/C=C\C/C=C\CCCCCCCCCCCCCCCC(=O)OCC(O)COP(=O)(O)OCC(O)COP(=O)(O)OCC(COC(=O)CCCCCC/C=C\C/C=C\C/C=C\C/C=C\CC)OC(=O)CCCCCCCCCCCCC. The second-order valence-corrected chi connectivity index (χ2v) is 26.9. The number of esters is 3. The van der Waals surface area contributed by atoms with E-state index < -0.39 is 91.5 Å². The molecule has 0 amide bonds. The van der Waals surface area contributed by atoms with Gasteiger partial charge in [-0.2, -0.15) is 0 Å². The molecule has 0 aromatic rings. The summed E-state index contributed by atoms with van der Waals surface area (Å²) in [5, 5.41) is 20.6.